The van der Waals surface area contributed by atoms with Crippen LogP contribution in [-0.4, -0.2) is 37.0 Å². The van der Waals surface area contributed by atoms with Crippen molar-refractivity contribution in [1.82, 2.24) is 4.98 Å². The molecule has 1 heterocycles. The van der Waals surface area contributed by atoms with Gasteiger partial charge in [-0.15, -0.1) is 0 Å². The molecule has 0 aliphatic rings. The van der Waals surface area contributed by atoms with Crippen LogP contribution in [0, 0.1) is 6.92 Å². The standard InChI is InChI=1S/C27H22N2O5/c1-16-8-4-5-9-20(16)24-15-22(21-10-6-7-11-23(21)29-24)25(30)28-19-13-17(26(31)33-2)12-18(14-19)27(32)34-3/h4-15H,1-3H3,(H,28,30). The second kappa shape index (κ2) is 9.54. The second-order valence-corrected chi connectivity index (χ2v) is 7.62. The molecule has 0 saturated heterocycles. The third kappa shape index (κ3) is 4.49. The number of esters is 2. The first-order chi connectivity index (χ1) is 16.4. The van der Waals surface area contributed by atoms with Gasteiger partial charge >= 0.3 is 11.9 Å². The molecule has 0 bridgehead atoms. The Morgan fingerprint density at radius 2 is 1.41 bits per heavy atom. The predicted molar refractivity (Wildman–Crippen MR) is 129 cm³/mol. The number of carbonyl (C=O) groups is 3. The van der Waals surface area contributed by atoms with Crippen molar-refractivity contribution in [1.29, 1.82) is 0 Å². The van der Waals surface area contributed by atoms with Crippen LogP contribution in [0.5, 0.6) is 0 Å². The van der Waals surface area contributed by atoms with Crippen LogP contribution in [0.4, 0.5) is 5.69 Å². The summed E-state index contributed by atoms with van der Waals surface area (Å²) in [6.45, 7) is 1.98. The molecule has 0 spiro atoms. The molecule has 34 heavy (non-hydrogen) atoms. The number of para-hydroxylation sites is 1. The van der Waals surface area contributed by atoms with Gasteiger partial charge in [0.05, 0.1) is 42.1 Å². The first kappa shape index (κ1) is 22.7. The Kier molecular flexibility index (Phi) is 6.36. The summed E-state index contributed by atoms with van der Waals surface area (Å²) in [5, 5.41) is 3.48. The lowest BCUT2D eigenvalue weighted by Crippen LogP contribution is -2.15. The number of aromatic nitrogens is 1. The summed E-state index contributed by atoms with van der Waals surface area (Å²) < 4.78 is 9.54. The van der Waals surface area contributed by atoms with E-state index in [-0.39, 0.29) is 16.8 Å². The number of fused-ring (bicyclic) bond motifs is 1. The number of nitrogens with zero attached hydrogens (tertiary/aromatic N) is 1. The van der Waals surface area contributed by atoms with E-state index in [1.54, 1.807) is 6.07 Å². The largest absolute Gasteiger partial charge is 0.465 e. The Hall–Kier alpha value is -4.52. The molecule has 1 N–H and O–H groups in total. The molecule has 7 nitrogen and oxygen atoms in total. The Labute approximate surface area is 196 Å². The van der Waals surface area contributed by atoms with Gasteiger partial charge in [0.1, 0.15) is 0 Å². The van der Waals surface area contributed by atoms with E-state index >= 15 is 0 Å². The quantitative estimate of drug-likeness (QED) is 0.425. The van der Waals surface area contributed by atoms with Crippen LogP contribution in [-0.2, 0) is 9.47 Å². The van der Waals surface area contributed by atoms with Crippen molar-refractivity contribution < 1.29 is 23.9 Å². The fourth-order valence-corrected chi connectivity index (χ4v) is 3.73. The molecule has 4 aromatic rings. The average Bonchev–Trinajstić information content (AvgIpc) is 2.87. The van der Waals surface area contributed by atoms with Gasteiger partial charge < -0.3 is 14.8 Å². The minimum Gasteiger partial charge on any atom is -0.465 e. The fourth-order valence-electron chi connectivity index (χ4n) is 3.73. The molecule has 170 valence electrons. The molecule has 4 rings (SSSR count). The molecule has 1 aromatic heterocycles. The first-order valence-electron chi connectivity index (χ1n) is 10.5. The number of pyridine rings is 1. The van der Waals surface area contributed by atoms with Crippen molar-refractivity contribution in [3.8, 4) is 11.3 Å². The Balaban J connectivity index is 1.80. The van der Waals surface area contributed by atoms with Gasteiger partial charge in [-0.1, -0.05) is 42.5 Å². The van der Waals surface area contributed by atoms with Crippen LogP contribution >= 0.6 is 0 Å². The van der Waals surface area contributed by atoms with E-state index in [0.717, 1.165) is 11.1 Å². The number of hydrogen-bond acceptors (Lipinski definition) is 6. The molecule has 0 atom stereocenters. The third-order valence-corrected chi connectivity index (χ3v) is 5.41. The van der Waals surface area contributed by atoms with Crippen molar-refractivity contribution >= 4 is 34.4 Å². The number of hydrogen-bond donors (Lipinski definition) is 1. The Bertz CT molecular complexity index is 1390. The van der Waals surface area contributed by atoms with Crippen molar-refractivity contribution in [2.45, 2.75) is 6.92 Å². The molecule has 0 unspecified atom stereocenters. The van der Waals surface area contributed by atoms with Crippen LogP contribution in [0.1, 0.15) is 36.6 Å². The van der Waals surface area contributed by atoms with Gasteiger partial charge in [-0.2, -0.15) is 0 Å². The van der Waals surface area contributed by atoms with Gasteiger partial charge in [0.2, 0.25) is 0 Å². The SMILES string of the molecule is COC(=O)c1cc(NC(=O)c2cc(-c3ccccc3C)nc3ccccc23)cc(C(=O)OC)c1. The number of anilines is 1. The van der Waals surface area contributed by atoms with Crippen molar-refractivity contribution in [2.24, 2.45) is 0 Å². The summed E-state index contributed by atoms with van der Waals surface area (Å²) >= 11 is 0. The fraction of sp³-hybridized carbons (Fsp3) is 0.111. The number of nitrogens with one attached hydrogen (secondary N) is 1. The molecular weight excluding hydrogens is 432 g/mol. The first-order valence-corrected chi connectivity index (χ1v) is 10.5. The average molecular weight is 454 g/mol. The van der Waals surface area contributed by atoms with Gasteiger partial charge in [-0.3, -0.25) is 4.79 Å². The molecule has 1 amide bonds. The van der Waals surface area contributed by atoms with Gasteiger partial charge in [-0.25, -0.2) is 14.6 Å². The summed E-state index contributed by atoms with van der Waals surface area (Å²) in [7, 11) is 2.48. The monoisotopic (exact) mass is 454 g/mol. The zero-order valence-electron chi connectivity index (χ0n) is 18.9. The smallest absolute Gasteiger partial charge is 0.337 e. The molecule has 7 heteroatoms. The van der Waals surface area contributed by atoms with E-state index in [9.17, 15) is 14.4 Å². The summed E-state index contributed by atoms with van der Waals surface area (Å²) in [5.74, 6) is -1.69. The lowest BCUT2D eigenvalue weighted by Gasteiger charge is -2.13. The minimum absolute atomic E-state index is 0.112. The number of carbonyl (C=O) groups excluding carboxylic acids is 3. The summed E-state index contributed by atoms with van der Waals surface area (Å²) in [4.78, 5) is 42.4. The predicted octanol–water partition coefficient (Wildman–Crippen LogP) is 5.04. The highest BCUT2D eigenvalue weighted by Gasteiger charge is 2.18. The van der Waals surface area contributed by atoms with Crippen LogP contribution in [0.15, 0.2) is 72.8 Å². The van der Waals surface area contributed by atoms with E-state index in [1.165, 1.54) is 32.4 Å². The zero-order valence-corrected chi connectivity index (χ0v) is 18.9. The van der Waals surface area contributed by atoms with Crippen LogP contribution in [0.2, 0.25) is 0 Å². The van der Waals surface area contributed by atoms with Crippen molar-refractivity contribution in [3.63, 3.8) is 0 Å². The number of methoxy groups -OCH3 is 2. The van der Waals surface area contributed by atoms with E-state index in [1.807, 2.05) is 55.5 Å². The maximum atomic E-state index is 13.4. The van der Waals surface area contributed by atoms with Crippen LogP contribution in [0.3, 0.4) is 0 Å². The number of benzene rings is 3. The minimum atomic E-state index is -0.641. The maximum Gasteiger partial charge on any atom is 0.337 e. The number of aryl methyl sites for hydroxylation is 1. The van der Waals surface area contributed by atoms with E-state index in [0.29, 0.717) is 22.2 Å². The molecule has 3 aromatic carbocycles. The van der Waals surface area contributed by atoms with Crippen LogP contribution in [0.25, 0.3) is 22.2 Å². The molecular formula is C27H22N2O5. The second-order valence-electron chi connectivity index (χ2n) is 7.62. The number of amides is 1. The number of ether oxygens (including phenoxy) is 2. The lowest BCUT2D eigenvalue weighted by atomic mass is 10.0. The van der Waals surface area contributed by atoms with Crippen molar-refractivity contribution in [3.05, 3.63) is 95.1 Å². The Morgan fingerprint density at radius 3 is 2.06 bits per heavy atom. The summed E-state index contributed by atoms with van der Waals surface area (Å²) in [6, 6.07) is 21.2. The highest BCUT2D eigenvalue weighted by Crippen LogP contribution is 2.28. The van der Waals surface area contributed by atoms with Gasteiger partial charge in [0.25, 0.3) is 5.91 Å². The maximum absolute atomic E-state index is 13.4. The summed E-state index contributed by atoms with van der Waals surface area (Å²) in [5.41, 5.74) is 4.18. The molecule has 0 aliphatic carbocycles. The number of rotatable bonds is 5. The van der Waals surface area contributed by atoms with E-state index < -0.39 is 17.8 Å². The molecule has 0 aliphatic heterocycles. The van der Waals surface area contributed by atoms with Crippen molar-refractivity contribution in [2.75, 3.05) is 19.5 Å². The molecule has 0 fully saturated rings. The normalized spacial score (nSPS) is 10.6. The molecule has 0 saturated carbocycles. The van der Waals surface area contributed by atoms with Gasteiger partial charge in [0.15, 0.2) is 0 Å². The Morgan fingerprint density at radius 1 is 0.794 bits per heavy atom. The topological polar surface area (TPSA) is 94.6 Å². The molecule has 0 radical (unpaired) electrons. The highest BCUT2D eigenvalue weighted by molar-refractivity contribution is 6.13. The zero-order chi connectivity index (χ0) is 24.2. The third-order valence-electron chi connectivity index (χ3n) is 5.41. The highest BCUT2D eigenvalue weighted by atomic mass is 16.5. The lowest BCUT2D eigenvalue weighted by molar-refractivity contribution is 0.0599. The van der Waals surface area contributed by atoms with E-state index in [2.05, 4.69) is 5.32 Å². The van der Waals surface area contributed by atoms with Gasteiger partial charge in [0, 0.05) is 16.6 Å². The van der Waals surface area contributed by atoms with Gasteiger partial charge in [-0.05, 0) is 42.8 Å². The van der Waals surface area contributed by atoms with Crippen LogP contribution < -0.4 is 5.32 Å². The van der Waals surface area contributed by atoms with E-state index in [4.69, 9.17) is 14.5 Å². The summed E-state index contributed by atoms with van der Waals surface area (Å²) in [6.07, 6.45) is 0.